The maximum absolute atomic E-state index is 12.1. The molecule has 0 aliphatic carbocycles. The summed E-state index contributed by atoms with van der Waals surface area (Å²) in [6.07, 6.45) is 0.826. The molecule has 0 aromatic heterocycles. The largest absolute Gasteiger partial charge is 0.346 e. The minimum Gasteiger partial charge on any atom is -0.346 e. The van der Waals surface area contributed by atoms with Crippen molar-refractivity contribution in [1.29, 1.82) is 5.26 Å². The minimum absolute atomic E-state index is 0.0493. The summed E-state index contributed by atoms with van der Waals surface area (Å²) >= 11 is 0. The zero-order valence-electron chi connectivity index (χ0n) is 12.1. The molecule has 0 spiro atoms. The first kappa shape index (κ1) is 16.7. The van der Waals surface area contributed by atoms with Crippen LogP contribution in [0.1, 0.15) is 24.5 Å². The third kappa shape index (κ3) is 5.63. The highest BCUT2D eigenvalue weighted by Crippen LogP contribution is 2.08. The molecule has 6 heteroatoms. The van der Waals surface area contributed by atoms with Gasteiger partial charge in [0.15, 0.2) is 0 Å². The van der Waals surface area contributed by atoms with E-state index in [0.29, 0.717) is 18.7 Å². The molecule has 0 atom stereocenters. The molecule has 6 nitrogen and oxygen atoms in total. The van der Waals surface area contributed by atoms with Gasteiger partial charge in [0.1, 0.15) is 0 Å². The highest BCUT2D eigenvalue weighted by atomic mass is 16.2. The molecule has 0 heterocycles. The van der Waals surface area contributed by atoms with Gasteiger partial charge in [0.05, 0.1) is 24.7 Å². The Morgan fingerprint density at radius 1 is 1.33 bits per heavy atom. The lowest BCUT2D eigenvalue weighted by molar-refractivity contribution is -0.133. The van der Waals surface area contributed by atoms with Crippen LogP contribution in [0.2, 0.25) is 0 Å². The number of carbonyl (C=O) groups excluding carboxylic acids is 2. The van der Waals surface area contributed by atoms with Crippen molar-refractivity contribution in [2.24, 2.45) is 5.73 Å². The Labute approximate surface area is 124 Å². The molecule has 112 valence electrons. The van der Waals surface area contributed by atoms with Crippen molar-refractivity contribution in [3.63, 3.8) is 0 Å². The van der Waals surface area contributed by atoms with Gasteiger partial charge in [-0.05, 0) is 24.1 Å². The molecule has 0 aliphatic heterocycles. The second kappa shape index (κ2) is 8.72. The van der Waals surface area contributed by atoms with E-state index in [0.717, 1.165) is 12.0 Å². The molecule has 3 N–H and O–H groups in total. The zero-order chi connectivity index (χ0) is 15.7. The van der Waals surface area contributed by atoms with Gasteiger partial charge in [-0.2, -0.15) is 5.26 Å². The van der Waals surface area contributed by atoms with Crippen molar-refractivity contribution in [2.75, 3.05) is 19.6 Å². The van der Waals surface area contributed by atoms with Gasteiger partial charge in [0.25, 0.3) is 0 Å². The van der Waals surface area contributed by atoms with Gasteiger partial charge in [-0.25, -0.2) is 0 Å². The van der Waals surface area contributed by atoms with Crippen LogP contribution in [0.3, 0.4) is 0 Å². The van der Waals surface area contributed by atoms with Crippen LogP contribution in [0.5, 0.6) is 0 Å². The van der Waals surface area contributed by atoms with Gasteiger partial charge in [0, 0.05) is 13.1 Å². The lowest BCUT2D eigenvalue weighted by Gasteiger charge is -2.22. The lowest BCUT2D eigenvalue weighted by atomic mass is 10.1. The van der Waals surface area contributed by atoms with Gasteiger partial charge in [0.2, 0.25) is 11.8 Å². The molecular weight excluding hydrogens is 268 g/mol. The summed E-state index contributed by atoms with van der Waals surface area (Å²) in [5, 5.41) is 11.2. The summed E-state index contributed by atoms with van der Waals surface area (Å²) in [5.74, 6) is -0.499. The quantitative estimate of drug-likeness (QED) is 0.757. The van der Waals surface area contributed by atoms with Crippen molar-refractivity contribution in [1.82, 2.24) is 10.2 Å². The highest BCUT2D eigenvalue weighted by Gasteiger charge is 2.13. The highest BCUT2D eigenvalue weighted by molar-refractivity contribution is 5.85. The summed E-state index contributed by atoms with van der Waals surface area (Å²) in [7, 11) is 0. The van der Waals surface area contributed by atoms with E-state index < -0.39 is 0 Å². The van der Waals surface area contributed by atoms with Crippen LogP contribution in [-0.4, -0.2) is 36.3 Å². The molecule has 0 bridgehead atoms. The molecule has 21 heavy (non-hydrogen) atoms. The normalized spacial score (nSPS) is 9.76. The average molecular weight is 288 g/mol. The minimum atomic E-state index is -0.349. The number of hydrogen-bond donors (Lipinski definition) is 2. The molecule has 0 saturated heterocycles. The second-order valence-corrected chi connectivity index (χ2v) is 4.60. The van der Waals surface area contributed by atoms with Gasteiger partial charge >= 0.3 is 0 Å². The Morgan fingerprint density at radius 3 is 2.52 bits per heavy atom. The first-order chi connectivity index (χ1) is 10.1. The van der Waals surface area contributed by atoms with Gasteiger partial charge in [-0.1, -0.05) is 19.1 Å². The van der Waals surface area contributed by atoms with E-state index in [1.54, 1.807) is 17.0 Å². The van der Waals surface area contributed by atoms with Crippen molar-refractivity contribution < 1.29 is 9.59 Å². The number of rotatable bonds is 7. The Morgan fingerprint density at radius 2 is 2.00 bits per heavy atom. The standard InChI is InChI=1S/C15H20N4O2/c1-2-7-19(15(21)10-18-14(20)9-17)11-13-5-3-12(8-16)4-6-13/h3-6H,2,7,9-11,17H2,1H3,(H,18,20). The SMILES string of the molecule is CCCN(Cc1ccc(C#N)cc1)C(=O)CNC(=O)CN. The third-order valence-corrected chi connectivity index (χ3v) is 2.92. The summed E-state index contributed by atoms with van der Waals surface area (Å²) < 4.78 is 0. The van der Waals surface area contributed by atoms with Crippen molar-refractivity contribution in [3.8, 4) is 6.07 Å². The average Bonchev–Trinajstić information content (AvgIpc) is 2.52. The summed E-state index contributed by atoms with van der Waals surface area (Å²) in [6, 6.07) is 9.15. The number of nitrogens with zero attached hydrogens (tertiary/aromatic N) is 2. The molecular formula is C15H20N4O2. The number of nitrogens with two attached hydrogens (primary N) is 1. The lowest BCUT2D eigenvalue weighted by Crippen LogP contribution is -2.41. The fourth-order valence-electron chi connectivity index (χ4n) is 1.83. The Bertz CT molecular complexity index is 519. The molecule has 0 fully saturated rings. The van der Waals surface area contributed by atoms with E-state index in [1.807, 2.05) is 19.1 Å². The monoisotopic (exact) mass is 288 g/mol. The number of hydrogen-bond acceptors (Lipinski definition) is 4. The summed E-state index contributed by atoms with van der Waals surface area (Å²) in [5.41, 5.74) is 6.71. The van der Waals surface area contributed by atoms with Crippen LogP contribution in [0.4, 0.5) is 0 Å². The van der Waals surface area contributed by atoms with E-state index in [9.17, 15) is 9.59 Å². The fraction of sp³-hybridized carbons (Fsp3) is 0.400. The third-order valence-electron chi connectivity index (χ3n) is 2.92. The fourth-order valence-corrected chi connectivity index (χ4v) is 1.83. The van der Waals surface area contributed by atoms with Gasteiger partial charge in [-0.15, -0.1) is 0 Å². The molecule has 1 rings (SSSR count). The zero-order valence-corrected chi connectivity index (χ0v) is 12.1. The van der Waals surface area contributed by atoms with Crippen LogP contribution in [-0.2, 0) is 16.1 Å². The van der Waals surface area contributed by atoms with Crippen LogP contribution >= 0.6 is 0 Å². The second-order valence-electron chi connectivity index (χ2n) is 4.60. The molecule has 0 saturated carbocycles. The number of benzene rings is 1. The first-order valence-corrected chi connectivity index (χ1v) is 6.84. The topological polar surface area (TPSA) is 99.2 Å². The van der Waals surface area contributed by atoms with Crippen LogP contribution in [0, 0.1) is 11.3 Å². The molecule has 0 radical (unpaired) electrons. The molecule has 0 aliphatic rings. The summed E-state index contributed by atoms with van der Waals surface area (Å²) in [4.78, 5) is 24.9. The predicted molar refractivity (Wildman–Crippen MR) is 78.9 cm³/mol. The van der Waals surface area contributed by atoms with Crippen LogP contribution < -0.4 is 11.1 Å². The number of nitriles is 1. The van der Waals surface area contributed by atoms with E-state index >= 15 is 0 Å². The van der Waals surface area contributed by atoms with E-state index in [1.165, 1.54) is 0 Å². The van der Waals surface area contributed by atoms with E-state index in [4.69, 9.17) is 11.0 Å². The number of nitrogens with one attached hydrogen (secondary N) is 1. The Kier molecular flexibility index (Phi) is 6.92. The number of carbonyl (C=O) groups is 2. The Hall–Kier alpha value is -2.39. The van der Waals surface area contributed by atoms with Crippen molar-refractivity contribution >= 4 is 11.8 Å². The molecule has 0 unspecified atom stereocenters. The van der Waals surface area contributed by atoms with Gasteiger partial charge < -0.3 is 16.0 Å². The molecule has 1 aromatic rings. The number of amides is 2. The van der Waals surface area contributed by atoms with E-state index in [-0.39, 0.29) is 24.9 Å². The predicted octanol–water partition coefficient (Wildman–Crippen LogP) is 0.372. The summed E-state index contributed by atoms with van der Waals surface area (Å²) in [6.45, 7) is 2.87. The molecule has 2 amide bonds. The van der Waals surface area contributed by atoms with Crippen LogP contribution in [0.15, 0.2) is 24.3 Å². The first-order valence-electron chi connectivity index (χ1n) is 6.84. The smallest absolute Gasteiger partial charge is 0.242 e. The van der Waals surface area contributed by atoms with Crippen LogP contribution in [0.25, 0.3) is 0 Å². The van der Waals surface area contributed by atoms with Crippen molar-refractivity contribution in [2.45, 2.75) is 19.9 Å². The van der Waals surface area contributed by atoms with Gasteiger partial charge in [-0.3, -0.25) is 9.59 Å². The molecule has 1 aromatic carbocycles. The van der Waals surface area contributed by atoms with E-state index in [2.05, 4.69) is 11.4 Å². The maximum atomic E-state index is 12.1. The maximum Gasteiger partial charge on any atom is 0.242 e. The van der Waals surface area contributed by atoms with Crippen molar-refractivity contribution in [3.05, 3.63) is 35.4 Å². The Balaban J connectivity index is 2.65.